The van der Waals surface area contributed by atoms with E-state index >= 15 is 0 Å². The third-order valence-electron chi connectivity index (χ3n) is 5.02. The van der Waals surface area contributed by atoms with Crippen LogP contribution in [0, 0.1) is 17.6 Å². The molecule has 5 nitrogen and oxygen atoms in total. The molecule has 0 radical (unpaired) electrons. The summed E-state index contributed by atoms with van der Waals surface area (Å²) >= 11 is 6.70. The van der Waals surface area contributed by atoms with Gasteiger partial charge in [-0.25, -0.2) is 13.6 Å². The fraction of sp³-hybridized carbons (Fsp3) is 0.409. The van der Waals surface area contributed by atoms with Gasteiger partial charge in [-0.2, -0.15) is 0 Å². The van der Waals surface area contributed by atoms with Crippen LogP contribution in [0.5, 0.6) is 5.75 Å². The standard InChI is InChI=1S/C22H26ClF2N3O2S/c1-13(2)27-22(29)28-31-21-10-18(24)20(9-19(21)25)30-12-15-11-26-8-7-17(15)14-3-5-16(23)6-4-14/h3-6,9-10,13,15,17,26H,7-8,11-12H2,1-2H3,(H2,27,28,29)/t15-,17-/m0/s1. The molecular formula is C22H26ClF2N3O2S. The first-order valence-corrected chi connectivity index (χ1v) is 11.3. The van der Waals surface area contributed by atoms with Gasteiger partial charge in [0.05, 0.1) is 11.5 Å². The second kappa shape index (κ2) is 11.0. The Bertz CT molecular complexity index is 899. The van der Waals surface area contributed by atoms with Crippen molar-refractivity contribution in [3.05, 3.63) is 58.6 Å². The first-order chi connectivity index (χ1) is 14.8. The summed E-state index contributed by atoms with van der Waals surface area (Å²) in [5.41, 5.74) is 1.16. The molecular weight excluding hydrogens is 444 g/mol. The van der Waals surface area contributed by atoms with Crippen molar-refractivity contribution in [2.24, 2.45) is 5.92 Å². The number of carbonyl (C=O) groups excluding carboxylic acids is 1. The summed E-state index contributed by atoms with van der Waals surface area (Å²) in [4.78, 5) is 11.6. The van der Waals surface area contributed by atoms with Gasteiger partial charge in [0.2, 0.25) is 0 Å². The lowest BCUT2D eigenvalue weighted by Crippen LogP contribution is -2.38. The van der Waals surface area contributed by atoms with Crippen molar-refractivity contribution in [3.8, 4) is 5.75 Å². The molecule has 2 aromatic rings. The largest absolute Gasteiger partial charge is 0.490 e. The lowest BCUT2D eigenvalue weighted by molar-refractivity contribution is 0.190. The Labute approximate surface area is 190 Å². The average Bonchev–Trinajstić information content (AvgIpc) is 2.73. The number of amides is 2. The highest BCUT2D eigenvalue weighted by molar-refractivity contribution is 7.98. The van der Waals surface area contributed by atoms with E-state index in [4.69, 9.17) is 16.3 Å². The van der Waals surface area contributed by atoms with Crippen LogP contribution in [-0.4, -0.2) is 31.8 Å². The summed E-state index contributed by atoms with van der Waals surface area (Å²) in [6.45, 7) is 5.46. The molecule has 0 unspecified atom stereocenters. The Kier molecular flexibility index (Phi) is 8.40. The van der Waals surface area contributed by atoms with Gasteiger partial charge in [-0.1, -0.05) is 23.7 Å². The van der Waals surface area contributed by atoms with Crippen LogP contribution in [-0.2, 0) is 0 Å². The Morgan fingerprint density at radius 1 is 1.26 bits per heavy atom. The van der Waals surface area contributed by atoms with Gasteiger partial charge in [0.25, 0.3) is 0 Å². The van der Waals surface area contributed by atoms with Crippen LogP contribution in [0.3, 0.4) is 0 Å². The van der Waals surface area contributed by atoms with Crippen LogP contribution in [0.1, 0.15) is 31.7 Å². The van der Waals surface area contributed by atoms with Gasteiger partial charge in [0.15, 0.2) is 11.6 Å². The predicted molar refractivity (Wildman–Crippen MR) is 120 cm³/mol. The van der Waals surface area contributed by atoms with E-state index in [2.05, 4.69) is 15.4 Å². The molecule has 1 aliphatic rings. The molecule has 168 valence electrons. The van der Waals surface area contributed by atoms with Crippen molar-refractivity contribution in [2.45, 2.75) is 37.1 Å². The van der Waals surface area contributed by atoms with Crippen LogP contribution in [0.25, 0.3) is 0 Å². The molecule has 31 heavy (non-hydrogen) atoms. The zero-order chi connectivity index (χ0) is 22.4. The molecule has 0 aliphatic carbocycles. The first-order valence-electron chi connectivity index (χ1n) is 10.1. The zero-order valence-corrected chi connectivity index (χ0v) is 19.0. The van der Waals surface area contributed by atoms with Crippen LogP contribution in [0.15, 0.2) is 41.3 Å². The molecule has 0 bridgehead atoms. The number of carbonyl (C=O) groups is 1. The van der Waals surface area contributed by atoms with Crippen LogP contribution >= 0.6 is 23.5 Å². The third kappa shape index (κ3) is 6.72. The SMILES string of the molecule is CC(C)NC(=O)NSc1cc(F)c(OC[C@@H]2CNCC[C@H]2c2ccc(Cl)cc2)cc1F. The molecule has 1 heterocycles. The molecule has 1 saturated heterocycles. The number of urea groups is 1. The highest BCUT2D eigenvalue weighted by Gasteiger charge is 2.27. The van der Waals surface area contributed by atoms with Crippen molar-refractivity contribution in [3.63, 3.8) is 0 Å². The van der Waals surface area contributed by atoms with E-state index in [-0.39, 0.29) is 35.1 Å². The van der Waals surface area contributed by atoms with Gasteiger partial charge >= 0.3 is 6.03 Å². The van der Waals surface area contributed by atoms with Crippen LogP contribution in [0.4, 0.5) is 13.6 Å². The molecule has 2 amide bonds. The van der Waals surface area contributed by atoms with Gasteiger partial charge in [-0.05, 0) is 68.4 Å². The summed E-state index contributed by atoms with van der Waals surface area (Å²) in [5, 5.41) is 6.62. The number of benzene rings is 2. The number of rotatable bonds is 7. The van der Waals surface area contributed by atoms with E-state index in [1.54, 1.807) is 13.8 Å². The van der Waals surface area contributed by atoms with Crippen molar-refractivity contribution in [1.29, 1.82) is 0 Å². The predicted octanol–water partition coefficient (Wildman–Crippen LogP) is 5.11. The maximum atomic E-state index is 14.5. The summed E-state index contributed by atoms with van der Waals surface area (Å²) in [6, 6.07) is 9.23. The zero-order valence-electron chi connectivity index (χ0n) is 17.4. The fourth-order valence-electron chi connectivity index (χ4n) is 3.54. The van der Waals surface area contributed by atoms with Crippen molar-refractivity contribution in [2.75, 3.05) is 19.7 Å². The second-order valence-corrected chi connectivity index (χ2v) is 9.05. The van der Waals surface area contributed by atoms with Gasteiger partial charge < -0.3 is 15.4 Å². The van der Waals surface area contributed by atoms with Gasteiger partial charge in [0.1, 0.15) is 5.82 Å². The summed E-state index contributed by atoms with van der Waals surface area (Å²) in [7, 11) is 0. The van der Waals surface area contributed by atoms with E-state index in [1.165, 1.54) is 0 Å². The lowest BCUT2D eigenvalue weighted by Gasteiger charge is -2.32. The summed E-state index contributed by atoms with van der Waals surface area (Å²) in [6.07, 6.45) is 0.923. The summed E-state index contributed by atoms with van der Waals surface area (Å²) < 4.78 is 37.1. The Morgan fingerprint density at radius 2 is 2.00 bits per heavy atom. The van der Waals surface area contributed by atoms with Gasteiger partial charge in [-0.15, -0.1) is 0 Å². The van der Waals surface area contributed by atoms with E-state index in [1.807, 2.05) is 24.3 Å². The third-order valence-corrected chi connectivity index (χ3v) is 6.09. The number of halogens is 3. The highest BCUT2D eigenvalue weighted by atomic mass is 35.5. The molecule has 3 N–H and O–H groups in total. The van der Waals surface area contributed by atoms with Gasteiger partial charge in [-0.3, -0.25) is 4.72 Å². The minimum atomic E-state index is -0.679. The minimum Gasteiger partial charge on any atom is -0.490 e. The molecule has 1 fully saturated rings. The van der Waals surface area contributed by atoms with Crippen molar-refractivity contribution in [1.82, 2.24) is 15.4 Å². The van der Waals surface area contributed by atoms with E-state index in [0.29, 0.717) is 17.0 Å². The van der Waals surface area contributed by atoms with Crippen LogP contribution in [0.2, 0.25) is 5.02 Å². The highest BCUT2D eigenvalue weighted by Crippen LogP contribution is 2.33. The normalized spacial score (nSPS) is 18.6. The molecule has 3 rings (SSSR count). The van der Waals surface area contributed by atoms with Gasteiger partial charge in [0, 0.05) is 29.6 Å². The molecule has 9 heteroatoms. The van der Waals surface area contributed by atoms with E-state index in [9.17, 15) is 13.6 Å². The minimum absolute atomic E-state index is 0.0258. The number of hydrogen-bond donors (Lipinski definition) is 3. The quantitative estimate of drug-likeness (QED) is 0.493. The first kappa shape index (κ1) is 23.6. The molecule has 0 aromatic heterocycles. The number of piperidine rings is 1. The number of nitrogens with one attached hydrogen (secondary N) is 3. The molecule has 1 aliphatic heterocycles. The number of ether oxygens (including phenoxy) is 1. The average molecular weight is 470 g/mol. The monoisotopic (exact) mass is 469 g/mol. The summed E-state index contributed by atoms with van der Waals surface area (Å²) in [5.74, 6) is -1.14. The maximum Gasteiger partial charge on any atom is 0.325 e. The van der Waals surface area contributed by atoms with E-state index in [0.717, 1.165) is 37.2 Å². The Hall–Kier alpha value is -2.03. The van der Waals surface area contributed by atoms with E-state index < -0.39 is 17.7 Å². The van der Waals surface area contributed by atoms with Crippen LogP contribution < -0.4 is 20.1 Å². The molecule has 0 saturated carbocycles. The lowest BCUT2D eigenvalue weighted by atomic mass is 9.81. The van der Waals surface area contributed by atoms with Crippen molar-refractivity contribution < 1.29 is 18.3 Å². The Morgan fingerprint density at radius 3 is 2.71 bits per heavy atom. The Balaban J connectivity index is 1.63. The number of hydrogen-bond acceptors (Lipinski definition) is 4. The van der Waals surface area contributed by atoms with Crippen molar-refractivity contribution >= 4 is 29.6 Å². The molecule has 2 aromatic carbocycles. The maximum absolute atomic E-state index is 14.5. The smallest absolute Gasteiger partial charge is 0.325 e. The topological polar surface area (TPSA) is 62.4 Å². The molecule has 0 spiro atoms. The second-order valence-electron chi connectivity index (χ2n) is 7.77. The molecule has 2 atom stereocenters. The fourth-order valence-corrected chi connectivity index (χ4v) is 4.24.